The van der Waals surface area contributed by atoms with Crippen molar-refractivity contribution in [3.8, 4) is 0 Å². The summed E-state index contributed by atoms with van der Waals surface area (Å²) >= 11 is 0. The largest absolute Gasteiger partial charge is 0.446 e. The summed E-state index contributed by atoms with van der Waals surface area (Å²) in [6.07, 6.45) is 1.99. The number of aryl methyl sites for hydroxylation is 1. The van der Waals surface area contributed by atoms with Crippen LogP contribution in [-0.4, -0.2) is 16.8 Å². The topological polar surface area (TPSA) is 69.1 Å². The molecule has 1 heterocycles. The van der Waals surface area contributed by atoms with Gasteiger partial charge in [-0.15, -0.1) is 0 Å². The molecule has 0 aromatic carbocycles. The Hall–Kier alpha value is -1.16. The number of carbonyl (C=O) groups excluding carboxylic acids is 1. The fourth-order valence-corrected chi connectivity index (χ4v) is 0.828. The highest BCUT2D eigenvalue weighted by Crippen LogP contribution is 2.03. The van der Waals surface area contributed by atoms with Gasteiger partial charge in [0.1, 0.15) is 11.5 Å². The molecular weight excluding hydrogens is 156 g/mol. The Balaban J connectivity index is 2.58. The SMILES string of the molecule is CC(=O)C(N)Cc1ncc(C)o1. The van der Waals surface area contributed by atoms with Gasteiger partial charge >= 0.3 is 0 Å². The van der Waals surface area contributed by atoms with E-state index in [0.717, 1.165) is 5.76 Å². The molecule has 12 heavy (non-hydrogen) atoms. The van der Waals surface area contributed by atoms with Crippen LogP contribution in [0, 0.1) is 6.92 Å². The Morgan fingerprint density at radius 2 is 2.50 bits per heavy atom. The highest BCUT2D eigenvalue weighted by molar-refractivity contribution is 5.81. The van der Waals surface area contributed by atoms with Crippen molar-refractivity contribution in [2.75, 3.05) is 0 Å². The van der Waals surface area contributed by atoms with Gasteiger partial charge in [-0.1, -0.05) is 0 Å². The Morgan fingerprint density at radius 1 is 1.83 bits per heavy atom. The van der Waals surface area contributed by atoms with Crippen molar-refractivity contribution in [1.29, 1.82) is 0 Å². The van der Waals surface area contributed by atoms with Gasteiger partial charge in [-0.25, -0.2) is 4.98 Å². The molecule has 0 fully saturated rings. The van der Waals surface area contributed by atoms with Crippen LogP contribution < -0.4 is 5.73 Å². The van der Waals surface area contributed by atoms with E-state index in [9.17, 15) is 4.79 Å². The zero-order chi connectivity index (χ0) is 9.14. The molecule has 1 aromatic heterocycles. The Kier molecular flexibility index (Phi) is 2.60. The molecule has 0 radical (unpaired) electrons. The summed E-state index contributed by atoms with van der Waals surface area (Å²) in [4.78, 5) is 14.7. The van der Waals surface area contributed by atoms with Crippen molar-refractivity contribution in [3.05, 3.63) is 17.8 Å². The molecule has 4 nitrogen and oxygen atoms in total. The first kappa shape index (κ1) is 8.93. The fourth-order valence-electron chi connectivity index (χ4n) is 0.828. The molecule has 2 N–H and O–H groups in total. The first-order chi connectivity index (χ1) is 5.59. The van der Waals surface area contributed by atoms with Gasteiger partial charge in [0, 0.05) is 6.42 Å². The quantitative estimate of drug-likeness (QED) is 0.711. The summed E-state index contributed by atoms with van der Waals surface area (Å²) in [6, 6.07) is -0.497. The van der Waals surface area contributed by atoms with E-state index in [2.05, 4.69) is 4.98 Å². The number of hydrogen-bond acceptors (Lipinski definition) is 4. The molecular formula is C8H12N2O2. The second-order valence-electron chi connectivity index (χ2n) is 2.79. The molecule has 1 atom stereocenters. The second-order valence-corrected chi connectivity index (χ2v) is 2.79. The van der Waals surface area contributed by atoms with E-state index in [1.165, 1.54) is 6.92 Å². The van der Waals surface area contributed by atoms with Crippen LogP contribution in [-0.2, 0) is 11.2 Å². The van der Waals surface area contributed by atoms with Gasteiger partial charge in [-0.3, -0.25) is 4.79 Å². The lowest BCUT2D eigenvalue weighted by molar-refractivity contribution is -0.118. The summed E-state index contributed by atoms with van der Waals surface area (Å²) in [5.74, 6) is 1.21. The van der Waals surface area contributed by atoms with Crippen LogP contribution in [0.1, 0.15) is 18.6 Å². The lowest BCUT2D eigenvalue weighted by Gasteiger charge is -2.02. The predicted molar refractivity (Wildman–Crippen MR) is 43.6 cm³/mol. The standard InChI is InChI=1S/C8H12N2O2/c1-5-4-10-8(12-5)3-7(9)6(2)11/h4,7H,3,9H2,1-2H3. The van der Waals surface area contributed by atoms with Crippen LogP contribution >= 0.6 is 0 Å². The lowest BCUT2D eigenvalue weighted by Crippen LogP contribution is -2.30. The van der Waals surface area contributed by atoms with E-state index < -0.39 is 6.04 Å². The maximum absolute atomic E-state index is 10.8. The molecule has 0 aliphatic carbocycles. The van der Waals surface area contributed by atoms with E-state index in [1.54, 1.807) is 13.1 Å². The third kappa shape index (κ3) is 2.17. The number of nitrogens with two attached hydrogens (primary N) is 1. The molecule has 0 bridgehead atoms. The molecule has 0 aliphatic rings. The zero-order valence-corrected chi connectivity index (χ0v) is 7.20. The minimum Gasteiger partial charge on any atom is -0.446 e. The average molecular weight is 168 g/mol. The number of Topliss-reactive ketones (excluding diaryl/α,β-unsaturated/α-hetero) is 1. The Labute approximate surface area is 70.8 Å². The summed E-state index contributed by atoms with van der Waals surface area (Å²) < 4.78 is 5.16. The molecule has 0 spiro atoms. The van der Waals surface area contributed by atoms with Crippen molar-refractivity contribution in [3.63, 3.8) is 0 Å². The predicted octanol–water partition coefficient (Wildman–Crippen LogP) is 0.442. The number of carbonyl (C=O) groups is 1. The zero-order valence-electron chi connectivity index (χ0n) is 7.20. The minimum atomic E-state index is -0.497. The highest BCUT2D eigenvalue weighted by atomic mass is 16.4. The number of nitrogens with zero attached hydrogens (tertiary/aromatic N) is 1. The summed E-state index contributed by atoms with van der Waals surface area (Å²) in [5.41, 5.74) is 5.51. The number of ketones is 1. The second kappa shape index (κ2) is 3.49. The van der Waals surface area contributed by atoms with Gasteiger partial charge in [0.15, 0.2) is 5.89 Å². The van der Waals surface area contributed by atoms with Crippen molar-refractivity contribution in [2.24, 2.45) is 5.73 Å². The molecule has 4 heteroatoms. The summed E-state index contributed by atoms with van der Waals surface area (Å²) in [6.45, 7) is 3.26. The van der Waals surface area contributed by atoms with Crippen LogP contribution in [0.2, 0.25) is 0 Å². The maximum atomic E-state index is 10.8. The number of aromatic nitrogens is 1. The van der Waals surface area contributed by atoms with Gasteiger partial charge < -0.3 is 10.2 Å². The third-order valence-corrected chi connectivity index (χ3v) is 1.59. The number of oxazole rings is 1. The van der Waals surface area contributed by atoms with Crippen molar-refractivity contribution < 1.29 is 9.21 Å². The third-order valence-electron chi connectivity index (χ3n) is 1.59. The van der Waals surface area contributed by atoms with Gasteiger partial charge in [0.25, 0.3) is 0 Å². The Morgan fingerprint density at radius 3 is 2.92 bits per heavy atom. The van der Waals surface area contributed by atoms with Crippen LogP contribution in [0.15, 0.2) is 10.6 Å². The van der Waals surface area contributed by atoms with Crippen LogP contribution in [0.4, 0.5) is 0 Å². The number of rotatable bonds is 3. The average Bonchev–Trinajstić information content (AvgIpc) is 2.35. The molecule has 0 saturated heterocycles. The van der Waals surface area contributed by atoms with Gasteiger partial charge in [0.2, 0.25) is 0 Å². The van der Waals surface area contributed by atoms with Gasteiger partial charge in [0.05, 0.1) is 12.2 Å². The molecule has 66 valence electrons. The van der Waals surface area contributed by atoms with E-state index in [4.69, 9.17) is 10.2 Å². The minimum absolute atomic E-state index is 0.0501. The van der Waals surface area contributed by atoms with Crippen LogP contribution in [0.5, 0.6) is 0 Å². The molecule has 0 amide bonds. The van der Waals surface area contributed by atoms with Crippen LogP contribution in [0.25, 0.3) is 0 Å². The van der Waals surface area contributed by atoms with E-state index in [0.29, 0.717) is 12.3 Å². The monoisotopic (exact) mass is 168 g/mol. The first-order valence-corrected chi connectivity index (χ1v) is 3.77. The first-order valence-electron chi connectivity index (χ1n) is 3.77. The summed E-state index contributed by atoms with van der Waals surface area (Å²) in [5, 5.41) is 0. The van der Waals surface area contributed by atoms with E-state index in [1.807, 2.05) is 0 Å². The fraction of sp³-hybridized carbons (Fsp3) is 0.500. The Bertz CT molecular complexity index is 280. The van der Waals surface area contributed by atoms with Crippen molar-refractivity contribution >= 4 is 5.78 Å². The molecule has 1 unspecified atom stereocenters. The lowest BCUT2D eigenvalue weighted by atomic mass is 10.1. The molecule has 1 rings (SSSR count). The van der Waals surface area contributed by atoms with Gasteiger partial charge in [-0.05, 0) is 13.8 Å². The van der Waals surface area contributed by atoms with Gasteiger partial charge in [-0.2, -0.15) is 0 Å². The van der Waals surface area contributed by atoms with Crippen molar-refractivity contribution in [2.45, 2.75) is 26.3 Å². The molecule has 0 aliphatic heterocycles. The number of hydrogen-bond donors (Lipinski definition) is 1. The molecule has 0 saturated carbocycles. The van der Waals surface area contributed by atoms with E-state index >= 15 is 0 Å². The van der Waals surface area contributed by atoms with Crippen molar-refractivity contribution in [1.82, 2.24) is 4.98 Å². The highest BCUT2D eigenvalue weighted by Gasteiger charge is 2.11. The summed E-state index contributed by atoms with van der Waals surface area (Å²) in [7, 11) is 0. The normalized spacial score (nSPS) is 12.9. The smallest absolute Gasteiger partial charge is 0.196 e. The van der Waals surface area contributed by atoms with Crippen LogP contribution in [0.3, 0.4) is 0 Å². The maximum Gasteiger partial charge on any atom is 0.196 e. The molecule has 1 aromatic rings. The van der Waals surface area contributed by atoms with E-state index in [-0.39, 0.29) is 5.78 Å².